The molecule has 0 spiro atoms. The number of likely N-dealkylation sites (N-methyl/N-ethyl adjacent to an activating group) is 1. The first-order valence-corrected chi connectivity index (χ1v) is 9.20. The summed E-state index contributed by atoms with van der Waals surface area (Å²) in [5, 5.41) is 7.55. The van der Waals surface area contributed by atoms with E-state index in [0.717, 1.165) is 17.7 Å². The largest absolute Gasteiger partial charge is 0.325 e. The highest BCUT2D eigenvalue weighted by molar-refractivity contribution is 7.89. The summed E-state index contributed by atoms with van der Waals surface area (Å²) >= 11 is 0. The van der Waals surface area contributed by atoms with Gasteiger partial charge in [0.2, 0.25) is 15.9 Å². The zero-order valence-electron chi connectivity index (χ0n) is 14.2. The molecule has 0 aliphatic rings. The fraction of sp³-hybridized carbons (Fsp3) is 0.235. The summed E-state index contributed by atoms with van der Waals surface area (Å²) in [5.74, 6) is -2.43. The molecule has 1 unspecified atom stereocenters. The molecule has 1 amide bonds. The van der Waals surface area contributed by atoms with Gasteiger partial charge in [-0.1, -0.05) is 12.1 Å². The zero-order chi connectivity index (χ0) is 19.5. The van der Waals surface area contributed by atoms with Gasteiger partial charge in [-0.25, -0.2) is 22.3 Å². The summed E-state index contributed by atoms with van der Waals surface area (Å²) in [7, 11) is -2.05. The molecule has 140 valence electrons. The number of nitrogens with one attached hydrogen (secondary N) is 1. The lowest BCUT2D eigenvalue weighted by Crippen LogP contribution is -2.32. The Morgan fingerprint density at radius 3 is 2.31 bits per heavy atom. The van der Waals surface area contributed by atoms with Gasteiger partial charge in [0.25, 0.3) is 0 Å². The Morgan fingerprint density at radius 1 is 1.15 bits per heavy atom. The van der Waals surface area contributed by atoms with Crippen molar-refractivity contribution in [2.24, 2.45) is 5.14 Å². The first-order valence-electron chi connectivity index (χ1n) is 7.66. The van der Waals surface area contributed by atoms with Gasteiger partial charge in [0.1, 0.15) is 0 Å². The highest BCUT2D eigenvalue weighted by atomic mass is 32.2. The average molecular weight is 383 g/mol. The standard InChI is InChI=1S/C17H19F2N3O3S/c1-11(12-3-6-14(7-4-12)26(20,24)25)22(2)10-17(23)21-13-5-8-15(18)16(19)9-13/h3-9,11H,10H2,1-2H3,(H,21,23)(H2,20,24,25). The van der Waals surface area contributed by atoms with Crippen LogP contribution in [0.5, 0.6) is 0 Å². The smallest absolute Gasteiger partial charge is 0.238 e. The third kappa shape index (κ3) is 5.07. The van der Waals surface area contributed by atoms with Crippen LogP contribution in [-0.4, -0.2) is 32.8 Å². The van der Waals surface area contributed by atoms with Gasteiger partial charge in [0.05, 0.1) is 11.4 Å². The summed E-state index contributed by atoms with van der Waals surface area (Å²) in [6.07, 6.45) is 0. The van der Waals surface area contributed by atoms with Crippen molar-refractivity contribution in [1.82, 2.24) is 4.90 Å². The minimum absolute atomic E-state index is 0.00288. The molecule has 2 aromatic rings. The molecule has 0 saturated carbocycles. The van der Waals surface area contributed by atoms with Crippen LogP contribution in [0.1, 0.15) is 18.5 Å². The van der Waals surface area contributed by atoms with E-state index in [2.05, 4.69) is 5.32 Å². The number of hydrogen-bond donors (Lipinski definition) is 2. The van der Waals surface area contributed by atoms with E-state index in [1.165, 1.54) is 18.2 Å². The minimum Gasteiger partial charge on any atom is -0.325 e. The van der Waals surface area contributed by atoms with Crippen LogP contribution in [0.4, 0.5) is 14.5 Å². The van der Waals surface area contributed by atoms with E-state index in [-0.39, 0.29) is 23.2 Å². The normalized spacial score (nSPS) is 12.8. The van der Waals surface area contributed by atoms with E-state index in [1.807, 2.05) is 6.92 Å². The second-order valence-corrected chi connectivity index (χ2v) is 7.44. The van der Waals surface area contributed by atoms with Gasteiger partial charge in [-0.15, -0.1) is 0 Å². The fourth-order valence-electron chi connectivity index (χ4n) is 2.33. The summed E-state index contributed by atoms with van der Waals surface area (Å²) in [4.78, 5) is 13.8. The lowest BCUT2D eigenvalue weighted by molar-refractivity contribution is -0.117. The number of primary sulfonamides is 1. The molecule has 9 heteroatoms. The maximum absolute atomic E-state index is 13.2. The molecule has 0 saturated heterocycles. The Labute approximate surface area is 150 Å². The van der Waals surface area contributed by atoms with Gasteiger partial charge < -0.3 is 5.32 Å². The minimum atomic E-state index is -3.76. The van der Waals surface area contributed by atoms with Gasteiger partial charge in [0, 0.05) is 17.8 Å². The first-order chi connectivity index (χ1) is 12.1. The van der Waals surface area contributed by atoms with E-state index < -0.39 is 27.6 Å². The van der Waals surface area contributed by atoms with Gasteiger partial charge in [-0.3, -0.25) is 9.69 Å². The Hall–Kier alpha value is -2.36. The summed E-state index contributed by atoms with van der Waals surface area (Å²) in [5.41, 5.74) is 0.952. The Kier molecular flexibility index (Phi) is 6.06. The van der Waals surface area contributed by atoms with Gasteiger partial charge in [0.15, 0.2) is 11.6 Å². The fourth-order valence-corrected chi connectivity index (χ4v) is 2.84. The predicted octanol–water partition coefficient (Wildman–Crippen LogP) is 2.24. The average Bonchev–Trinajstić information content (AvgIpc) is 2.56. The lowest BCUT2D eigenvalue weighted by Gasteiger charge is -2.24. The number of amides is 1. The molecule has 2 aromatic carbocycles. The molecule has 26 heavy (non-hydrogen) atoms. The van der Waals surface area contributed by atoms with Crippen molar-refractivity contribution in [3.63, 3.8) is 0 Å². The summed E-state index contributed by atoms with van der Waals surface area (Å²) in [6.45, 7) is 1.84. The molecular formula is C17H19F2N3O3S. The number of benzene rings is 2. The monoisotopic (exact) mass is 383 g/mol. The third-order valence-corrected chi connectivity index (χ3v) is 4.88. The molecule has 0 aromatic heterocycles. The van der Waals surface area contributed by atoms with E-state index in [4.69, 9.17) is 5.14 Å². The van der Waals surface area contributed by atoms with Gasteiger partial charge in [-0.05, 0) is 43.8 Å². The van der Waals surface area contributed by atoms with Crippen molar-refractivity contribution >= 4 is 21.6 Å². The van der Waals surface area contributed by atoms with E-state index in [0.29, 0.717) is 0 Å². The lowest BCUT2D eigenvalue weighted by atomic mass is 10.1. The second-order valence-electron chi connectivity index (χ2n) is 5.88. The summed E-state index contributed by atoms with van der Waals surface area (Å²) in [6, 6.07) is 8.95. The van der Waals surface area contributed by atoms with E-state index >= 15 is 0 Å². The quantitative estimate of drug-likeness (QED) is 0.800. The van der Waals surface area contributed by atoms with Crippen molar-refractivity contribution in [1.29, 1.82) is 0 Å². The van der Waals surface area contributed by atoms with Crippen LogP contribution in [0.25, 0.3) is 0 Å². The predicted molar refractivity (Wildman–Crippen MR) is 93.8 cm³/mol. The number of hydrogen-bond acceptors (Lipinski definition) is 4. The SMILES string of the molecule is CC(c1ccc(S(N)(=O)=O)cc1)N(C)CC(=O)Nc1ccc(F)c(F)c1. The Balaban J connectivity index is 2.00. The molecule has 0 aliphatic heterocycles. The van der Waals surface area contributed by atoms with Crippen molar-refractivity contribution in [3.05, 3.63) is 59.7 Å². The topological polar surface area (TPSA) is 92.5 Å². The molecular weight excluding hydrogens is 364 g/mol. The van der Waals surface area contributed by atoms with Gasteiger partial charge in [-0.2, -0.15) is 0 Å². The molecule has 0 fully saturated rings. The molecule has 3 N–H and O–H groups in total. The van der Waals surface area contributed by atoms with Crippen LogP contribution in [0.3, 0.4) is 0 Å². The van der Waals surface area contributed by atoms with Crippen LogP contribution in [0.2, 0.25) is 0 Å². The maximum Gasteiger partial charge on any atom is 0.238 e. The van der Waals surface area contributed by atoms with Crippen molar-refractivity contribution in [2.45, 2.75) is 17.9 Å². The van der Waals surface area contributed by atoms with Crippen LogP contribution >= 0.6 is 0 Å². The number of nitrogens with zero attached hydrogens (tertiary/aromatic N) is 1. The molecule has 0 aliphatic carbocycles. The molecule has 1 atom stereocenters. The van der Waals surface area contributed by atoms with Crippen LogP contribution in [0.15, 0.2) is 47.4 Å². The third-order valence-electron chi connectivity index (χ3n) is 3.95. The van der Waals surface area contributed by atoms with Crippen LogP contribution in [-0.2, 0) is 14.8 Å². The molecule has 0 radical (unpaired) electrons. The molecule has 6 nitrogen and oxygen atoms in total. The number of carbonyl (C=O) groups is 1. The Morgan fingerprint density at radius 2 is 1.77 bits per heavy atom. The first kappa shape index (κ1) is 20.0. The van der Waals surface area contributed by atoms with Crippen molar-refractivity contribution in [2.75, 3.05) is 18.9 Å². The molecule has 0 heterocycles. The molecule has 0 bridgehead atoms. The number of anilines is 1. The zero-order valence-corrected chi connectivity index (χ0v) is 15.1. The number of nitrogens with two attached hydrogens (primary N) is 1. The highest BCUT2D eigenvalue weighted by Crippen LogP contribution is 2.20. The molecule has 2 rings (SSSR count). The summed E-state index contributed by atoms with van der Waals surface area (Å²) < 4.78 is 48.6. The Bertz CT molecular complexity index is 902. The van der Waals surface area contributed by atoms with Crippen molar-refractivity contribution in [3.8, 4) is 0 Å². The van der Waals surface area contributed by atoms with E-state index in [1.54, 1.807) is 24.1 Å². The number of carbonyl (C=O) groups excluding carboxylic acids is 1. The number of rotatable bonds is 6. The number of sulfonamides is 1. The number of halogens is 2. The maximum atomic E-state index is 13.2. The van der Waals surface area contributed by atoms with Crippen LogP contribution in [0, 0.1) is 11.6 Å². The van der Waals surface area contributed by atoms with Crippen molar-refractivity contribution < 1.29 is 22.0 Å². The second kappa shape index (κ2) is 7.90. The van der Waals surface area contributed by atoms with Gasteiger partial charge >= 0.3 is 0 Å². The van der Waals surface area contributed by atoms with E-state index in [9.17, 15) is 22.0 Å². The highest BCUT2D eigenvalue weighted by Gasteiger charge is 2.16. The van der Waals surface area contributed by atoms with Crippen LogP contribution < -0.4 is 10.5 Å².